The van der Waals surface area contributed by atoms with Gasteiger partial charge in [-0.3, -0.25) is 4.79 Å². The molecule has 0 saturated carbocycles. The summed E-state index contributed by atoms with van der Waals surface area (Å²) in [6.45, 7) is 2.54. The molecule has 1 atom stereocenters. The van der Waals surface area contributed by atoms with E-state index in [1.54, 1.807) is 7.11 Å². The van der Waals surface area contributed by atoms with E-state index >= 15 is 0 Å². The lowest BCUT2D eigenvalue weighted by molar-refractivity contribution is -0.120. The van der Waals surface area contributed by atoms with E-state index in [0.717, 1.165) is 22.2 Å². The zero-order valence-electron chi connectivity index (χ0n) is 14.7. The average molecular weight is 390 g/mol. The summed E-state index contributed by atoms with van der Waals surface area (Å²) in [7, 11) is 1.65. The summed E-state index contributed by atoms with van der Waals surface area (Å²) < 4.78 is 11.8. The first-order valence-electron chi connectivity index (χ1n) is 8.42. The van der Waals surface area contributed by atoms with Crippen molar-refractivity contribution in [2.24, 2.45) is 0 Å². The maximum absolute atomic E-state index is 12.2. The van der Waals surface area contributed by atoms with Gasteiger partial charge in [0.25, 0.3) is 5.19 Å². The van der Waals surface area contributed by atoms with Gasteiger partial charge in [-0.2, -0.15) is 0 Å². The maximum atomic E-state index is 12.2. The minimum atomic E-state index is -0.134. The van der Waals surface area contributed by atoms with E-state index in [1.165, 1.54) is 11.3 Å². The van der Waals surface area contributed by atoms with E-state index in [1.807, 2.05) is 49.4 Å². The number of hydrogen-bond donors (Lipinski definition) is 0. The molecule has 4 nitrogen and oxygen atoms in total. The zero-order chi connectivity index (χ0) is 18.5. The first kappa shape index (κ1) is 18.8. The number of carbonyl (C=O) groups excluding carboxylic acids is 1. The predicted molar refractivity (Wildman–Crippen MR) is 106 cm³/mol. The van der Waals surface area contributed by atoms with Crippen LogP contribution in [0.25, 0.3) is 10.2 Å². The van der Waals surface area contributed by atoms with E-state index in [4.69, 9.17) is 21.1 Å². The Balaban J connectivity index is 1.65. The van der Waals surface area contributed by atoms with Crippen molar-refractivity contribution in [3.63, 3.8) is 0 Å². The molecule has 3 rings (SSSR count). The van der Waals surface area contributed by atoms with Crippen LogP contribution in [0.2, 0.25) is 5.02 Å². The van der Waals surface area contributed by atoms with Crippen molar-refractivity contribution >= 4 is 38.9 Å². The molecule has 0 fully saturated rings. The number of thiazole rings is 1. The number of benzene rings is 2. The van der Waals surface area contributed by atoms with Crippen LogP contribution >= 0.6 is 22.9 Å². The van der Waals surface area contributed by atoms with Gasteiger partial charge in [0.2, 0.25) is 0 Å². The third-order valence-electron chi connectivity index (χ3n) is 4.17. The van der Waals surface area contributed by atoms with Crippen LogP contribution in [0.15, 0.2) is 42.5 Å². The summed E-state index contributed by atoms with van der Waals surface area (Å²) in [6, 6.07) is 13.2. The predicted octanol–water partition coefficient (Wildman–Crippen LogP) is 5.84. The fraction of sp³-hybridized carbons (Fsp3) is 0.300. The highest BCUT2D eigenvalue weighted by atomic mass is 35.5. The van der Waals surface area contributed by atoms with Crippen LogP contribution in [0.3, 0.4) is 0 Å². The molecular formula is C20H20ClNO3S. The Labute approximate surface area is 161 Å². The van der Waals surface area contributed by atoms with Crippen molar-refractivity contribution < 1.29 is 14.3 Å². The third kappa shape index (κ3) is 4.61. The smallest absolute Gasteiger partial charge is 0.279 e. The van der Waals surface area contributed by atoms with Crippen molar-refractivity contribution in [1.29, 1.82) is 0 Å². The summed E-state index contributed by atoms with van der Waals surface area (Å²) in [4.78, 5) is 16.7. The summed E-state index contributed by atoms with van der Waals surface area (Å²) in [5.74, 6) is 0.780. The topological polar surface area (TPSA) is 48.4 Å². The van der Waals surface area contributed by atoms with Gasteiger partial charge in [-0.05, 0) is 42.3 Å². The normalized spacial score (nSPS) is 12.3. The van der Waals surface area contributed by atoms with E-state index < -0.39 is 0 Å². The van der Waals surface area contributed by atoms with Crippen molar-refractivity contribution in [2.45, 2.75) is 25.7 Å². The molecule has 3 aromatic rings. The van der Waals surface area contributed by atoms with Gasteiger partial charge < -0.3 is 9.47 Å². The van der Waals surface area contributed by atoms with Crippen LogP contribution in [0.5, 0.6) is 10.9 Å². The molecule has 0 bridgehead atoms. The standard InChI is InChI=1S/C20H20ClNO3S/c1-13(18(23)4-3-11-24-2)14-5-8-16(9-6-14)25-20-22-17-10-7-15(21)12-19(17)26-20/h5-10,12-13H,3-4,11H2,1-2H3. The number of methoxy groups -OCH3 is 1. The monoisotopic (exact) mass is 389 g/mol. The number of carbonyl (C=O) groups is 1. The summed E-state index contributed by atoms with van der Waals surface area (Å²) in [5.41, 5.74) is 1.84. The summed E-state index contributed by atoms with van der Waals surface area (Å²) in [6.07, 6.45) is 1.28. The number of nitrogens with zero attached hydrogens (tertiary/aromatic N) is 1. The molecule has 0 N–H and O–H groups in total. The SMILES string of the molecule is COCCCC(=O)C(C)c1ccc(Oc2nc3ccc(Cl)cc3s2)cc1. The average Bonchev–Trinajstić information content (AvgIpc) is 3.03. The van der Waals surface area contributed by atoms with E-state index in [-0.39, 0.29) is 11.7 Å². The second-order valence-corrected chi connectivity index (χ2v) is 7.48. The first-order valence-corrected chi connectivity index (χ1v) is 9.62. The van der Waals surface area contributed by atoms with Crippen LogP contribution < -0.4 is 4.74 Å². The van der Waals surface area contributed by atoms with Gasteiger partial charge in [-0.25, -0.2) is 4.98 Å². The van der Waals surface area contributed by atoms with Crippen LogP contribution in [0.4, 0.5) is 0 Å². The number of Topliss-reactive ketones (excluding diaryl/α,β-unsaturated/α-hetero) is 1. The lowest BCUT2D eigenvalue weighted by Crippen LogP contribution is -2.09. The van der Waals surface area contributed by atoms with Crippen molar-refractivity contribution in [3.8, 4) is 10.9 Å². The quantitative estimate of drug-likeness (QED) is 0.454. The zero-order valence-corrected chi connectivity index (χ0v) is 16.3. The first-order chi connectivity index (χ1) is 12.6. The molecule has 0 aliphatic heterocycles. The molecule has 0 radical (unpaired) electrons. The van der Waals surface area contributed by atoms with Gasteiger partial charge in [-0.15, -0.1) is 0 Å². The molecule has 136 valence electrons. The molecule has 1 aromatic heterocycles. The Bertz CT molecular complexity index is 892. The number of hydrogen-bond acceptors (Lipinski definition) is 5. The van der Waals surface area contributed by atoms with Crippen LogP contribution in [0, 0.1) is 0 Å². The highest BCUT2D eigenvalue weighted by molar-refractivity contribution is 7.20. The van der Waals surface area contributed by atoms with E-state index in [9.17, 15) is 4.79 Å². The molecular weight excluding hydrogens is 370 g/mol. The largest absolute Gasteiger partial charge is 0.431 e. The van der Waals surface area contributed by atoms with Gasteiger partial charge in [0.15, 0.2) is 0 Å². The maximum Gasteiger partial charge on any atom is 0.279 e. The Morgan fingerprint density at radius 2 is 2.00 bits per heavy atom. The van der Waals surface area contributed by atoms with Crippen LogP contribution in [-0.4, -0.2) is 24.5 Å². The van der Waals surface area contributed by atoms with Crippen molar-refractivity contribution in [1.82, 2.24) is 4.98 Å². The lowest BCUT2D eigenvalue weighted by Gasteiger charge is -2.11. The molecule has 0 aliphatic rings. The molecule has 0 aliphatic carbocycles. The summed E-state index contributed by atoms with van der Waals surface area (Å²) >= 11 is 7.45. The van der Waals surface area contributed by atoms with Crippen molar-refractivity contribution in [2.75, 3.05) is 13.7 Å². The van der Waals surface area contributed by atoms with Gasteiger partial charge in [0.05, 0.1) is 10.2 Å². The van der Waals surface area contributed by atoms with Crippen LogP contribution in [-0.2, 0) is 9.53 Å². The molecule has 1 unspecified atom stereocenters. The summed E-state index contributed by atoms with van der Waals surface area (Å²) in [5, 5.41) is 1.25. The lowest BCUT2D eigenvalue weighted by atomic mass is 9.94. The molecule has 0 saturated heterocycles. The number of halogens is 1. The fourth-order valence-electron chi connectivity index (χ4n) is 2.64. The van der Waals surface area contributed by atoms with Gasteiger partial charge in [-0.1, -0.05) is 42.0 Å². The molecule has 0 amide bonds. The Morgan fingerprint density at radius 3 is 2.73 bits per heavy atom. The van der Waals surface area contributed by atoms with Crippen LogP contribution in [0.1, 0.15) is 31.2 Å². The fourth-order valence-corrected chi connectivity index (χ4v) is 3.75. The highest BCUT2D eigenvalue weighted by Crippen LogP contribution is 2.33. The van der Waals surface area contributed by atoms with Gasteiger partial charge in [0.1, 0.15) is 11.5 Å². The molecule has 2 aromatic carbocycles. The Morgan fingerprint density at radius 1 is 1.23 bits per heavy atom. The second-order valence-electron chi connectivity index (χ2n) is 6.05. The number of aromatic nitrogens is 1. The molecule has 1 heterocycles. The number of ether oxygens (including phenoxy) is 2. The van der Waals surface area contributed by atoms with Gasteiger partial charge >= 0.3 is 0 Å². The minimum Gasteiger partial charge on any atom is -0.431 e. The number of fused-ring (bicyclic) bond motifs is 1. The molecule has 6 heteroatoms. The van der Waals surface area contributed by atoms with Gasteiger partial charge in [0, 0.05) is 31.1 Å². The Kier molecular flexibility index (Phi) is 6.25. The number of ketones is 1. The Hall–Kier alpha value is -1.95. The third-order valence-corrected chi connectivity index (χ3v) is 5.30. The van der Waals surface area contributed by atoms with E-state index in [2.05, 4.69) is 4.98 Å². The molecule has 0 spiro atoms. The second kappa shape index (κ2) is 8.62. The number of rotatable bonds is 8. The molecule has 26 heavy (non-hydrogen) atoms. The highest BCUT2D eigenvalue weighted by Gasteiger charge is 2.15. The van der Waals surface area contributed by atoms with Crippen molar-refractivity contribution in [3.05, 3.63) is 53.1 Å². The van der Waals surface area contributed by atoms with E-state index in [0.29, 0.717) is 29.0 Å². The minimum absolute atomic E-state index is 0.134.